The van der Waals surface area contributed by atoms with Crippen LogP contribution in [-0.4, -0.2) is 50.7 Å². The number of halogens is 1. The molecule has 13 heteroatoms. The highest BCUT2D eigenvalue weighted by Gasteiger charge is 2.35. The third-order valence-electron chi connectivity index (χ3n) is 6.55. The van der Waals surface area contributed by atoms with Gasteiger partial charge in [0.25, 0.3) is 0 Å². The summed E-state index contributed by atoms with van der Waals surface area (Å²) in [4.78, 5) is 38.9. The molecule has 0 unspecified atom stereocenters. The minimum Gasteiger partial charge on any atom is -0.444 e. The number of ether oxygens (including phenoxy) is 2. The second-order valence-corrected chi connectivity index (χ2v) is 11.2. The zero-order chi connectivity index (χ0) is 29.4. The van der Waals surface area contributed by atoms with Crippen molar-refractivity contribution in [2.24, 2.45) is 0 Å². The molecular formula is C29H29ClN8O4. The number of carbonyl (C=O) groups excluding carboxylic acids is 2. The van der Waals surface area contributed by atoms with Crippen LogP contribution in [0, 0.1) is 0 Å². The molecule has 2 aromatic heterocycles. The number of nitrogens with one attached hydrogen (secondary N) is 2. The Morgan fingerprint density at radius 3 is 2.57 bits per heavy atom. The Kier molecular flexibility index (Phi) is 7.17. The van der Waals surface area contributed by atoms with Gasteiger partial charge < -0.3 is 14.8 Å². The molecule has 42 heavy (non-hydrogen) atoms. The van der Waals surface area contributed by atoms with Gasteiger partial charge in [0.1, 0.15) is 5.60 Å². The minimum absolute atomic E-state index is 0.126. The predicted molar refractivity (Wildman–Crippen MR) is 159 cm³/mol. The first kappa shape index (κ1) is 27.5. The number of fused-ring (bicyclic) bond motifs is 1. The van der Waals surface area contributed by atoms with Gasteiger partial charge in [-0.25, -0.2) is 19.5 Å². The SMILES string of the molecule is CC(C)(C)OC(=O)Nc1cccc(N2C(=O)N(c3ccccc3)Cc3cnc(Nc4cn(C5COC5)nc4Cl)nc32)c1. The van der Waals surface area contributed by atoms with Gasteiger partial charge in [0, 0.05) is 23.1 Å². The van der Waals surface area contributed by atoms with E-state index in [0.717, 1.165) is 11.3 Å². The number of benzene rings is 2. The van der Waals surface area contributed by atoms with Crippen LogP contribution in [0.3, 0.4) is 0 Å². The van der Waals surface area contributed by atoms with Crippen molar-refractivity contribution in [3.05, 3.63) is 77.7 Å². The smallest absolute Gasteiger partial charge is 0.412 e. The van der Waals surface area contributed by atoms with E-state index in [2.05, 4.69) is 20.7 Å². The van der Waals surface area contributed by atoms with E-state index >= 15 is 0 Å². The lowest BCUT2D eigenvalue weighted by atomic mass is 10.1. The molecule has 3 amide bonds. The van der Waals surface area contributed by atoms with Gasteiger partial charge in [-0.3, -0.25) is 14.9 Å². The molecule has 216 valence electrons. The monoisotopic (exact) mass is 588 g/mol. The molecule has 2 N–H and O–H groups in total. The molecule has 0 saturated carbocycles. The van der Waals surface area contributed by atoms with Gasteiger partial charge in [-0.1, -0.05) is 35.9 Å². The van der Waals surface area contributed by atoms with Gasteiger partial charge in [-0.15, -0.1) is 0 Å². The molecule has 2 aliphatic heterocycles. The maximum atomic E-state index is 14.1. The first-order chi connectivity index (χ1) is 20.1. The van der Waals surface area contributed by atoms with E-state index in [0.29, 0.717) is 36.1 Å². The summed E-state index contributed by atoms with van der Waals surface area (Å²) in [5, 5.41) is 10.5. The number of rotatable bonds is 6. The highest BCUT2D eigenvalue weighted by molar-refractivity contribution is 6.32. The second kappa shape index (κ2) is 11.0. The summed E-state index contributed by atoms with van der Waals surface area (Å²) in [5.74, 6) is 0.643. The van der Waals surface area contributed by atoms with Crippen LogP contribution < -0.4 is 20.4 Å². The van der Waals surface area contributed by atoms with Gasteiger partial charge in [0.2, 0.25) is 5.95 Å². The maximum Gasteiger partial charge on any atom is 0.412 e. The molecule has 2 aliphatic rings. The Morgan fingerprint density at radius 2 is 1.86 bits per heavy atom. The number of nitrogens with zero attached hydrogens (tertiary/aromatic N) is 6. The van der Waals surface area contributed by atoms with E-state index in [1.807, 2.05) is 30.3 Å². The zero-order valence-electron chi connectivity index (χ0n) is 23.2. The number of anilines is 6. The van der Waals surface area contributed by atoms with E-state index in [1.165, 1.54) is 4.90 Å². The Labute approximate surface area is 247 Å². The topological polar surface area (TPSA) is 127 Å². The van der Waals surface area contributed by atoms with Crippen LogP contribution in [-0.2, 0) is 16.0 Å². The average molecular weight is 589 g/mol. The van der Waals surface area contributed by atoms with E-state index in [1.54, 1.807) is 67.0 Å². The van der Waals surface area contributed by atoms with Gasteiger partial charge in [-0.05, 0) is 51.1 Å². The lowest BCUT2D eigenvalue weighted by Gasteiger charge is -2.36. The Morgan fingerprint density at radius 1 is 1.10 bits per heavy atom. The molecule has 0 spiro atoms. The zero-order valence-corrected chi connectivity index (χ0v) is 24.0. The third-order valence-corrected chi connectivity index (χ3v) is 6.83. The van der Waals surface area contributed by atoms with Crippen LogP contribution in [0.15, 0.2) is 67.0 Å². The normalized spacial score (nSPS) is 15.2. The molecule has 4 heterocycles. The van der Waals surface area contributed by atoms with Crippen molar-refractivity contribution >= 4 is 58.2 Å². The summed E-state index contributed by atoms with van der Waals surface area (Å²) in [5.41, 5.74) is 2.28. The quantitative estimate of drug-likeness (QED) is 0.270. The van der Waals surface area contributed by atoms with Crippen molar-refractivity contribution in [1.82, 2.24) is 19.7 Å². The fourth-order valence-electron chi connectivity index (χ4n) is 4.54. The van der Waals surface area contributed by atoms with Gasteiger partial charge in [0.15, 0.2) is 11.0 Å². The Hall–Kier alpha value is -4.68. The Bertz CT molecular complexity index is 1630. The molecule has 4 aromatic rings. The first-order valence-electron chi connectivity index (χ1n) is 13.4. The highest BCUT2D eigenvalue weighted by Crippen LogP contribution is 2.37. The van der Waals surface area contributed by atoms with E-state index < -0.39 is 11.7 Å². The summed E-state index contributed by atoms with van der Waals surface area (Å²) in [6.45, 7) is 6.78. The predicted octanol–water partition coefficient (Wildman–Crippen LogP) is 6.27. The molecule has 0 radical (unpaired) electrons. The van der Waals surface area contributed by atoms with Crippen molar-refractivity contribution in [3.8, 4) is 0 Å². The maximum absolute atomic E-state index is 14.1. The fourth-order valence-corrected chi connectivity index (χ4v) is 4.72. The number of amides is 3. The molecule has 0 atom stereocenters. The lowest BCUT2D eigenvalue weighted by molar-refractivity contribution is -0.0286. The number of carbonyl (C=O) groups is 2. The molecule has 1 fully saturated rings. The summed E-state index contributed by atoms with van der Waals surface area (Å²) >= 11 is 6.39. The summed E-state index contributed by atoms with van der Waals surface area (Å²) in [6.07, 6.45) is 2.86. The molecule has 1 saturated heterocycles. The lowest BCUT2D eigenvalue weighted by Crippen LogP contribution is -2.45. The summed E-state index contributed by atoms with van der Waals surface area (Å²) in [7, 11) is 0. The van der Waals surface area contributed by atoms with Crippen molar-refractivity contribution in [3.63, 3.8) is 0 Å². The minimum atomic E-state index is -0.662. The van der Waals surface area contributed by atoms with Crippen molar-refractivity contribution in [1.29, 1.82) is 0 Å². The molecule has 12 nitrogen and oxygen atoms in total. The molecular weight excluding hydrogens is 560 g/mol. The second-order valence-electron chi connectivity index (χ2n) is 10.9. The van der Waals surface area contributed by atoms with Gasteiger partial charge >= 0.3 is 12.1 Å². The number of para-hydroxylation sites is 1. The summed E-state index contributed by atoms with van der Waals surface area (Å²) in [6, 6.07) is 16.1. The number of aromatic nitrogens is 4. The number of hydrogen-bond acceptors (Lipinski definition) is 8. The molecule has 0 aliphatic carbocycles. The average Bonchev–Trinajstić information content (AvgIpc) is 3.25. The number of urea groups is 1. The van der Waals surface area contributed by atoms with Crippen molar-refractivity contribution in [2.75, 3.05) is 33.6 Å². The van der Waals surface area contributed by atoms with Crippen LogP contribution in [0.25, 0.3) is 0 Å². The summed E-state index contributed by atoms with van der Waals surface area (Å²) < 4.78 is 12.4. The largest absolute Gasteiger partial charge is 0.444 e. The highest BCUT2D eigenvalue weighted by atomic mass is 35.5. The van der Waals surface area contributed by atoms with Crippen LogP contribution >= 0.6 is 11.6 Å². The third kappa shape index (κ3) is 5.71. The van der Waals surface area contributed by atoms with Crippen LogP contribution in [0.2, 0.25) is 5.15 Å². The van der Waals surface area contributed by atoms with Crippen molar-refractivity contribution < 1.29 is 19.1 Å². The molecule has 6 rings (SSSR count). The Balaban J connectivity index is 1.35. The van der Waals surface area contributed by atoms with Crippen molar-refractivity contribution in [2.45, 2.75) is 39.0 Å². The van der Waals surface area contributed by atoms with E-state index in [-0.39, 0.29) is 29.7 Å². The van der Waals surface area contributed by atoms with Gasteiger partial charge in [0.05, 0.1) is 43.4 Å². The first-order valence-corrected chi connectivity index (χ1v) is 13.7. The number of hydrogen-bond donors (Lipinski definition) is 2. The molecule has 2 aromatic carbocycles. The van der Waals surface area contributed by atoms with E-state index in [4.69, 9.17) is 26.1 Å². The molecule has 0 bridgehead atoms. The fraction of sp³-hybridized carbons (Fsp3) is 0.276. The standard InChI is InChI=1S/C29H29ClN8O4/c1-29(2,3)42-27(39)32-19-8-7-11-21(12-19)38-25-18(14-36(28(38)40)20-9-5-4-6-10-20)13-31-26(34-25)33-23-15-37(35-24(23)30)22-16-41-17-22/h4-13,15,22H,14,16-17H2,1-3H3,(H,32,39)(H,31,33,34). The van der Waals surface area contributed by atoms with Crippen LogP contribution in [0.5, 0.6) is 0 Å². The van der Waals surface area contributed by atoms with Gasteiger partial charge in [-0.2, -0.15) is 10.1 Å². The van der Waals surface area contributed by atoms with Crippen LogP contribution in [0.1, 0.15) is 32.4 Å². The van der Waals surface area contributed by atoms with Crippen LogP contribution in [0.4, 0.5) is 44.1 Å². The van der Waals surface area contributed by atoms with E-state index in [9.17, 15) is 9.59 Å².